The van der Waals surface area contributed by atoms with Crippen molar-refractivity contribution in [2.24, 2.45) is 11.5 Å². The van der Waals surface area contributed by atoms with Gasteiger partial charge in [0.1, 0.15) is 29.2 Å². The molecule has 0 radical (unpaired) electrons. The van der Waals surface area contributed by atoms with Gasteiger partial charge in [-0.05, 0) is 44.2 Å². The zero-order valence-electron chi connectivity index (χ0n) is 14.7. The van der Waals surface area contributed by atoms with E-state index in [0.717, 1.165) is 0 Å². The van der Waals surface area contributed by atoms with E-state index in [1.165, 1.54) is 26.0 Å². The second kappa shape index (κ2) is 7.18. The number of esters is 2. The molecule has 3 aromatic rings. The first-order valence-corrected chi connectivity index (χ1v) is 8.21. The lowest BCUT2D eigenvalue weighted by Crippen LogP contribution is -2.30. The zero-order chi connectivity index (χ0) is 19.7. The van der Waals surface area contributed by atoms with Crippen LogP contribution in [0.5, 0.6) is 11.5 Å². The molecule has 0 aliphatic carbocycles. The van der Waals surface area contributed by atoms with Gasteiger partial charge in [0.15, 0.2) is 0 Å². The third kappa shape index (κ3) is 3.81. The molecule has 8 heteroatoms. The van der Waals surface area contributed by atoms with Crippen molar-refractivity contribution in [2.45, 2.75) is 25.9 Å². The van der Waals surface area contributed by atoms with E-state index in [-0.39, 0.29) is 22.5 Å². The molecular weight excluding hydrogens is 352 g/mol. The molecule has 0 bridgehead atoms. The molecule has 0 aliphatic heterocycles. The summed E-state index contributed by atoms with van der Waals surface area (Å²) < 4.78 is 15.6. The average molecular weight is 370 g/mol. The van der Waals surface area contributed by atoms with Crippen LogP contribution in [0, 0.1) is 0 Å². The van der Waals surface area contributed by atoms with Crippen LogP contribution in [0.15, 0.2) is 45.6 Å². The lowest BCUT2D eigenvalue weighted by atomic mass is 10.1. The van der Waals surface area contributed by atoms with E-state index in [1.807, 2.05) is 0 Å². The summed E-state index contributed by atoms with van der Waals surface area (Å²) in [6.45, 7) is 3.01. The van der Waals surface area contributed by atoms with Crippen LogP contribution in [0.1, 0.15) is 13.8 Å². The molecule has 140 valence electrons. The van der Waals surface area contributed by atoms with E-state index in [0.29, 0.717) is 10.8 Å². The van der Waals surface area contributed by atoms with Crippen molar-refractivity contribution in [3.63, 3.8) is 0 Å². The lowest BCUT2D eigenvalue weighted by Gasteiger charge is -2.09. The highest BCUT2D eigenvalue weighted by Crippen LogP contribution is 2.28. The standard InChI is InChI=1S/C19H18N2O6/c1-9(20)17(22)25-11-3-5-13-14-6-4-12(26-18(23)10(2)21)8-16(14)27-19(24)15(13)7-11/h3-10H,20-21H2,1-2H3/t9-,10-/m1/s1. The zero-order valence-corrected chi connectivity index (χ0v) is 14.7. The summed E-state index contributed by atoms with van der Waals surface area (Å²) in [6.07, 6.45) is 0. The molecule has 8 nitrogen and oxygen atoms in total. The topological polar surface area (TPSA) is 135 Å². The largest absolute Gasteiger partial charge is 0.425 e. The predicted molar refractivity (Wildman–Crippen MR) is 98.6 cm³/mol. The van der Waals surface area contributed by atoms with Gasteiger partial charge in [0.2, 0.25) is 0 Å². The molecular formula is C19H18N2O6. The van der Waals surface area contributed by atoms with Crippen molar-refractivity contribution in [1.29, 1.82) is 0 Å². The monoisotopic (exact) mass is 370 g/mol. The number of fused-ring (bicyclic) bond motifs is 3. The highest BCUT2D eigenvalue weighted by atomic mass is 16.5. The van der Waals surface area contributed by atoms with Crippen LogP contribution in [0.25, 0.3) is 21.7 Å². The Labute approximate surface area is 153 Å². The van der Waals surface area contributed by atoms with Crippen LogP contribution in [-0.2, 0) is 9.59 Å². The summed E-state index contributed by atoms with van der Waals surface area (Å²) in [4.78, 5) is 35.6. The minimum Gasteiger partial charge on any atom is -0.425 e. The smallest absolute Gasteiger partial charge is 0.344 e. The van der Waals surface area contributed by atoms with Crippen LogP contribution in [0.2, 0.25) is 0 Å². The maximum Gasteiger partial charge on any atom is 0.344 e. The van der Waals surface area contributed by atoms with Gasteiger partial charge >= 0.3 is 17.6 Å². The first-order chi connectivity index (χ1) is 12.8. The second-order valence-electron chi connectivity index (χ2n) is 6.17. The molecule has 27 heavy (non-hydrogen) atoms. The first-order valence-electron chi connectivity index (χ1n) is 8.21. The number of benzene rings is 2. The van der Waals surface area contributed by atoms with Crippen LogP contribution in [0.4, 0.5) is 0 Å². The van der Waals surface area contributed by atoms with Gasteiger partial charge in [-0.2, -0.15) is 0 Å². The molecule has 0 unspecified atom stereocenters. The molecule has 1 heterocycles. The number of hydrogen-bond donors (Lipinski definition) is 2. The maximum absolute atomic E-state index is 12.3. The molecule has 3 rings (SSSR count). The minimum atomic E-state index is -0.786. The quantitative estimate of drug-likeness (QED) is 0.305. The molecule has 0 aliphatic rings. The molecule has 0 saturated heterocycles. The fourth-order valence-electron chi connectivity index (χ4n) is 2.44. The number of rotatable bonds is 4. The normalized spacial score (nSPS) is 13.3. The van der Waals surface area contributed by atoms with Crippen molar-refractivity contribution in [2.75, 3.05) is 0 Å². The van der Waals surface area contributed by atoms with Crippen molar-refractivity contribution in [3.05, 3.63) is 46.8 Å². The number of nitrogens with two attached hydrogens (primary N) is 2. The Hall–Kier alpha value is -3.23. The van der Waals surface area contributed by atoms with Gasteiger partial charge in [-0.1, -0.05) is 0 Å². The molecule has 2 aromatic carbocycles. The number of carbonyl (C=O) groups excluding carboxylic acids is 2. The van der Waals surface area contributed by atoms with Crippen LogP contribution >= 0.6 is 0 Å². The van der Waals surface area contributed by atoms with Crippen LogP contribution in [0.3, 0.4) is 0 Å². The van der Waals surface area contributed by atoms with E-state index < -0.39 is 29.6 Å². The van der Waals surface area contributed by atoms with Gasteiger partial charge in [0.25, 0.3) is 0 Å². The Morgan fingerprint density at radius 3 is 1.93 bits per heavy atom. The van der Waals surface area contributed by atoms with Gasteiger partial charge in [0, 0.05) is 16.8 Å². The van der Waals surface area contributed by atoms with Gasteiger partial charge in [0.05, 0.1) is 5.39 Å². The average Bonchev–Trinajstić information content (AvgIpc) is 2.61. The Balaban J connectivity index is 2.05. The summed E-state index contributed by atoms with van der Waals surface area (Å²) in [5, 5.41) is 1.49. The molecule has 4 N–H and O–H groups in total. The molecule has 2 atom stereocenters. The van der Waals surface area contributed by atoms with Crippen LogP contribution in [-0.4, -0.2) is 24.0 Å². The number of hydrogen-bond acceptors (Lipinski definition) is 8. The van der Waals surface area contributed by atoms with Gasteiger partial charge in [-0.15, -0.1) is 0 Å². The summed E-state index contributed by atoms with van der Waals surface area (Å²) in [6, 6.07) is 7.75. The molecule has 1 aromatic heterocycles. The lowest BCUT2D eigenvalue weighted by molar-refractivity contribution is -0.136. The van der Waals surface area contributed by atoms with E-state index >= 15 is 0 Å². The highest BCUT2D eigenvalue weighted by molar-refractivity contribution is 6.05. The summed E-state index contributed by atoms with van der Waals surface area (Å²) in [7, 11) is 0. The SMILES string of the molecule is C[C@@H](N)C(=O)Oc1ccc2c(c1)oc(=O)c1cc(OC(=O)[C@@H](C)N)ccc12. The van der Waals surface area contributed by atoms with E-state index in [1.54, 1.807) is 24.3 Å². The summed E-state index contributed by atoms with van der Waals surface area (Å²) in [5.41, 5.74) is 10.6. The van der Waals surface area contributed by atoms with Crippen molar-refractivity contribution in [3.8, 4) is 11.5 Å². The second-order valence-corrected chi connectivity index (χ2v) is 6.17. The fraction of sp³-hybridized carbons (Fsp3) is 0.211. The van der Waals surface area contributed by atoms with E-state index in [4.69, 9.17) is 25.4 Å². The van der Waals surface area contributed by atoms with E-state index in [2.05, 4.69) is 0 Å². The van der Waals surface area contributed by atoms with Crippen molar-refractivity contribution in [1.82, 2.24) is 0 Å². The van der Waals surface area contributed by atoms with Gasteiger partial charge < -0.3 is 25.4 Å². The maximum atomic E-state index is 12.3. The summed E-state index contributed by atoms with van der Waals surface area (Å²) >= 11 is 0. The predicted octanol–water partition coefficient (Wildman–Crippen LogP) is 1.45. The Kier molecular flexibility index (Phi) is 4.93. The first kappa shape index (κ1) is 18.6. The summed E-state index contributed by atoms with van der Waals surface area (Å²) in [5.74, 6) is -0.799. The fourth-order valence-corrected chi connectivity index (χ4v) is 2.44. The number of ether oxygens (including phenoxy) is 2. The molecule has 0 fully saturated rings. The Morgan fingerprint density at radius 2 is 1.37 bits per heavy atom. The highest BCUT2D eigenvalue weighted by Gasteiger charge is 2.15. The Morgan fingerprint density at radius 1 is 0.852 bits per heavy atom. The minimum absolute atomic E-state index is 0.193. The Bertz CT molecular complexity index is 1100. The van der Waals surface area contributed by atoms with Crippen molar-refractivity contribution < 1.29 is 23.5 Å². The third-order valence-corrected chi connectivity index (χ3v) is 3.84. The molecule has 0 amide bonds. The molecule has 0 spiro atoms. The molecule has 0 saturated carbocycles. The van der Waals surface area contributed by atoms with Crippen LogP contribution < -0.4 is 26.6 Å². The number of carbonyl (C=O) groups is 2. The van der Waals surface area contributed by atoms with Gasteiger partial charge in [-0.3, -0.25) is 0 Å². The third-order valence-electron chi connectivity index (χ3n) is 3.84. The van der Waals surface area contributed by atoms with Gasteiger partial charge in [-0.25, -0.2) is 14.4 Å². The van der Waals surface area contributed by atoms with E-state index in [9.17, 15) is 14.4 Å². The van der Waals surface area contributed by atoms with Crippen molar-refractivity contribution >= 4 is 33.7 Å².